The minimum absolute atomic E-state index is 0.0358. The topological polar surface area (TPSA) is 37.8 Å². The quantitative estimate of drug-likeness (QED) is 0.820. The molecule has 3 nitrogen and oxygen atoms in total. The van der Waals surface area contributed by atoms with Gasteiger partial charge in [-0.2, -0.15) is 0 Å². The van der Waals surface area contributed by atoms with E-state index in [9.17, 15) is 4.79 Å². The summed E-state index contributed by atoms with van der Waals surface area (Å²) in [5, 5.41) is 0. The highest BCUT2D eigenvalue weighted by Crippen LogP contribution is 2.19. The lowest BCUT2D eigenvalue weighted by Gasteiger charge is -2.03. The molecule has 0 unspecified atom stereocenters. The average molecular weight is 240 g/mol. The van der Waals surface area contributed by atoms with Crippen LogP contribution >= 0.6 is 23.6 Å². The Balaban J connectivity index is 2.83. The molecule has 0 fully saturated rings. The molecule has 0 aromatic carbocycles. The van der Waals surface area contributed by atoms with Gasteiger partial charge in [0.15, 0.2) is 4.77 Å². The predicted octanol–water partition coefficient (Wildman–Crippen LogP) is 2.84. The molecule has 2 rings (SSSR count). The summed E-state index contributed by atoms with van der Waals surface area (Å²) in [5.41, 5.74) is 0.897. The van der Waals surface area contributed by atoms with E-state index in [1.807, 2.05) is 19.9 Å². The molecule has 0 amide bonds. The molecule has 0 aliphatic rings. The Kier molecular flexibility index (Phi) is 2.75. The normalized spacial score (nSPS) is 11.1. The molecule has 2 heterocycles. The lowest BCUT2D eigenvalue weighted by atomic mass is 10.4. The monoisotopic (exact) mass is 240 g/mol. The smallest absolute Gasteiger partial charge is 0.272 e. The zero-order chi connectivity index (χ0) is 11.0. The van der Waals surface area contributed by atoms with Crippen LogP contribution in [0, 0.1) is 11.7 Å². The molecule has 1 N–H and O–H groups in total. The van der Waals surface area contributed by atoms with Crippen LogP contribution in [-0.2, 0) is 6.54 Å². The molecule has 2 aromatic rings. The molecule has 15 heavy (non-hydrogen) atoms. The first-order valence-electron chi connectivity index (χ1n) is 4.86. The van der Waals surface area contributed by atoms with Gasteiger partial charge in [0.05, 0.1) is 5.52 Å². The third kappa shape index (κ3) is 1.77. The standard InChI is InChI=1S/C10H12N2OS2/c1-3-4-12-9(13)8-7(11-10(12)14)5-6(2)15-8/h5H,3-4H2,1-2H3,(H,11,14). The Bertz CT molecular complexity index is 606. The van der Waals surface area contributed by atoms with Crippen molar-refractivity contribution in [1.29, 1.82) is 0 Å². The minimum atomic E-state index is 0.0358. The van der Waals surface area contributed by atoms with E-state index in [4.69, 9.17) is 12.2 Å². The molecule has 2 aromatic heterocycles. The molecule has 0 radical (unpaired) electrons. The number of hydrogen-bond donors (Lipinski definition) is 1. The molecule has 5 heteroatoms. The van der Waals surface area contributed by atoms with E-state index in [-0.39, 0.29) is 5.56 Å². The Hall–Kier alpha value is -0.940. The van der Waals surface area contributed by atoms with E-state index in [1.54, 1.807) is 4.57 Å². The highest BCUT2D eigenvalue weighted by molar-refractivity contribution is 7.71. The van der Waals surface area contributed by atoms with Gasteiger partial charge in [-0.15, -0.1) is 11.3 Å². The van der Waals surface area contributed by atoms with E-state index in [1.165, 1.54) is 11.3 Å². The molecule has 0 atom stereocenters. The second kappa shape index (κ2) is 3.90. The van der Waals surface area contributed by atoms with Gasteiger partial charge in [0.2, 0.25) is 0 Å². The van der Waals surface area contributed by atoms with E-state index < -0.39 is 0 Å². The fourth-order valence-corrected chi connectivity index (χ4v) is 2.79. The molecule has 0 spiro atoms. The summed E-state index contributed by atoms with van der Waals surface area (Å²) < 4.78 is 2.93. The largest absolute Gasteiger partial charge is 0.331 e. The predicted molar refractivity (Wildman–Crippen MR) is 66.3 cm³/mol. The van der Waals surface area contributed by atoms with Gasteiger partial charge in [0.1, 0.15) is 4.70 Å². The first-order chi connectivity index (χ1) is 7.13. The van der Waals surface area contributed by atoms with Crippen LogP contribution in [0.5, 0.6) is 0 Å². The summed E-state index contributed by atoms with van der Waals surface area (Å²) in [4.78, 5) is 16.3. The first-order valence-corrected chi connectivity index (χ1v) is 6.09. The summed E-state index contributed by atoms with van der Waals surface area (Å²) >= 11 is 6.67. The van der Waals surface area contributed by atoms with Gasteiger partial charge in [-0.25, -0.2) is 0 Å². The van der Waals surface area contributed by atoms with Crippen molar-refractivity contribution in [1.82, 2.24) is 9.55 Å². The molecular weight excluding hydrogens is 228 g/mol. The van der Waals surface area contributed by atoms with Gasteiger partial charge in [0.25, 0.3) is 5.56 Å². The van der Waals surface area contributed by atoms with Crippen molar-refractivity contribution in [2.24, 2.45) is 0 Å². The van der Waals surface area contributed by atoms with Crippen LogP contribution in [0.4, 0.5) is 0 Å². The Labute approximate surface area is 96.4 Å². The van der Waals surface area contributed by atoms with E-state index in [2.05, 4.69) is 4.98 Å². The van der Waals surface area contributed by atoms with Gasteiger partial charge in [-0.3, -0.25) is 9.36 Å². The van der Waals surface area contributed by atoms with Crippen LogP contribution in [0.3, 0.4) is 0 Å². The number of H-pyrrole nitrogens is 1. The first kappa shape index (κ1) is 10.6. The lowest BCUT2D eigenvalue weighted by molar-refractivity contribution is 0.639. The van der Waals surface area contributed by atoms with Crippen molar-refractivity contribution in [2.75, 3.05) is 0 Å². The molecule has 0 bridgehead atoms. The van der Waals surface area contributed by atoms with Crippen molar-refractivity contribution < 1.29 is 0 Å². The summed E-state index contributed by atoms with van der Waals surface area (Å²) in [7, 11) is 0. The number of aromatic nitrogens is 2. The molecule has 0 aliphatic carbocycles. The zero-order valence-corrected chi connectivity index (χ0v) is 10.3. The fourth-order valence-electron chi connectivity index (χ4n) is 1.59. The summed E-state index contributed by atoms with van der Waals surface area (Å²) in [6.07, 6.45) is 0.910. The zero-order valence-electron chi connectivity index (χ0n) is 8.66. The second-order valence-electron chi connectivity index (χ2n) is 3.49. The molecule has 0 saturated carbocycles. The van der Waals surface area contributed by atoms with Crippen molar-refractivity contribution in [2.45, 2.75) is 26.8 Å². The number of nitrogens with one attached hydrogen (secondary N) is 1. The van der Waals surface area contributed by atoms with Gasteiger partial charge in [-0.05, 0) is 31.6 Å². The van der Waals surface area contributed by atoms with E-state index in [0.717, 1.165) is 21.5 Å². The maximum Gasteiger partial charge on any atom is 0.272 e. The highest BCUT2D eigenvalue weighted by atomic mass is 32.1. The Morgan fingerprint density at radius 3 is 3.00 bits per heavy atom. The molecule has 80 valence electrons. The van der Waals surface area contributed by atoms with E-state index in [0.29, 0.717) is 11.3 Å². The Morgan fingerprint density at radius 2 is 2.33 bits per heavy atom. The third-order valence-electron chi connectivity index (χ3n) is 2.23. The number of hydrogen-bond acceptors (Lipinski definition) is 3. The van der Waals surface area contributed by atoms with Gasteiger partial charge < -0.3 is 4.98 Å². The van der Waals surface area contributed by atoms with Crippen molar-refractivity contribution in [3.05, 3.63) is 26.1 Å². The summed E-state index contributed by atoms with van der Waals surface area (Å²) in [6.45, 7) is 4.71. The lowest BCUT2D eigenvalue weighted by Crippen LogP contribution is -2.20. The molecule has 0 saturated heterocycles. The third-order valence-corrected chi connectivity index (χ3v) is 3.59. The van der Waals surface area contributed by atoms with Gasteiger partial charge in [-0.1, -0.05) is 6.92 Å². The second-order valence-corrected chi connectivity index (χ2v) is 5.13. The molecule has 0 aliphatic heterocycles. The minimum Gasteiger partial charge on any atom is -0.331 e. The van der Waals surface area contributed by atoms with Gasteiger partial charge >= 0.3 is 0 Å². The van der Waals surface area contributed by atoms with Crippen molar-refractivity contribution in [3.8, 4) is 0 Å². The van der Waals surface area contributed by atoms with Gasteiger partial charge in [0, 0.05) is 11.4 Å². The van der Waals surface area contributed by atoms with Crippen LogP contribution in [0.25, 0.3) is 10.2 Å². The average Bonchev–Trinajstić information content (AvgIpc) is 2.53. The van der Waals surface area contributed by atoms with Crippen LogP contribution < -0.4 is 5.56 Å². The SMILES string of the molecule is CCCn1c(=S)[nH]c2cc(C)sc2c1=O. The number of rotatable bonds is 2. The Morgan fingerprint density at radius 1 is 1.60 bits per heavy atom. The molecular formula is C10H12N2OS2. The number of fused-ring (bicyclic) bond motifs is 1. The maximum atomic E-state index is 12.0. The van der Waals surface area contributed by atoms with Crippen LogP contribution in [0.15, 0.2) is 10.9 Å². The van der Waals surface area contributed by atoms with Crippen molar-refractivity contribution in [3.63, 3.8) is 0 Å². The summed E-state index contributed by atoms with van der Waals surface area (Å²) in [5.74, 6) is 0. The van der Waals surface area contributed by atoms with Crippen LogP contribution in [-0.4, -0.2) is 9.55 Å². The van der Waals surface area contributed by atoms with Crippen LogP contribution in [0.1, 0.15) is 18.2 Å². The van der Waals surface area contributed by atoms with Crippen molar-refractivity contribution >= 4 is 33.8 Å². The number of thiophene rings is 1. The number of aryl methyl sites for hydroxylation is 1. The maximum absolute atomic E-state index is 12.0. The van der Waals surface area contributed by atoms with E-state index >= 15 is 0 Å². The van der Waals surface area contributed by atoms with Crippen LogP contribution in [0.2, 0.25) is 0 Å². The number of aromatic amines is 1. The highest BCUT2D eigenvalue weighted by Gasteiger charge is 2.07. The fraction of sp³-hybridized carbons (Fsp3) is 0.400. The summed E-state index contributed by atoms with van der Waals surface area (Å²) in [6, 6.07) is 1.97. The number of nitrogens with zero attached hydrogens (tertiary/aromatic N) is 1.